The third-order valence-electron chi connectivity index (χ3n) is 3.63. The summed E-state index contributed by atoms with van der Waals surface area (Å²) in [5, 5.41) is 1.54. The van der Waals surface area contributed by atoms with Gasteiger partial charge in [0, 0.05) is 10.0 Å². The molecule has 0 aliphatic heterocycles. The molecule has 3 heteroatoms. The van der Waals surface area contributed by atoms with Crippen LogP contribution in [0.1, 0.15) is 25.3 Å². The Bertz CT molecular complexity index is 388. The molecular formula is C13H17Cl2N. The second-order valence-corrected chi connectivity index (χ2v) is 5.89. The maximum absolute atomic E-state index is 6.18. The van der Waals surface area contributed by atoms with Gasteiger partial charge < -0.3 is 5.73 Å². The van der Waals surface area contributed by atoms with Crippen molar-refractivity contribution in [3.63, 3.8) is 0 Å². The van der Waals surface area contributed by atoms with Gasteiger partial charge in [0.2, 0.25) is 0 Å². The van der Waals surface area contributed by atoms with E-state index in [1.165, 1.54) is 12.8 Å². The second-order valence-electron chi connectivity index (χ2n) is 5.04. The van der Waals surface area contributed by atoms with Crippen LogP contribution in [0, 0.1) is 11.3 Å². The van der Waals surface area contributed by atoms with Gasteiger partial charge in [0.15, 0.2) is 0 Å². The molecule has 0 amide bonds. The number of benzene rings is 1. The highest BCUT2D eigenvalue weighted by Gasteiger charge is 2.40. The topological polar surface area (TPSA) is 26.0 Å². The average Bonchev–Trinajstić information content (AvgIpc) is 3.07. The van der Waals surface area contributed by atoms with E-state index < -0.39 is 0 Å². The molecule has 2 N–H and O–H groups in total. The highest BCUT2D eigenvalue weighted by Crippen LogP contribution is 2.47. The van der Waals surface area contributed by atoms with Crippen LogP contribution in [0.15, 0.2) is 18.2 Å². The molecular weight excluding hydrogens is 241 g/mol. The SMILES string of the molecule is CC(CN)(Cc1cc(Cl)ccc1Cl)C1CC1. The van der Waals surface area contributed by atoms with Gasteiger partial charge in [-0.05, 0) is 60.9 Å². The number of hydrogen-bond acceptors (Lipinski definition) is 1. The summed E-state index contributed by atoms with van der Waals surface area (Å²) in [7, 11) is 0. The minimum atomic E-state index is 0.175. The summed E-state index contributed by atoms with van der Waals surface area (Å²) in [6.07, 6.45) is 3.52. The minimum Gasteiger partial charge on any atom is -0.330 e. The molecule has 0 saturated heterocycles. The van der Waals surface area contributed by atoms with Crippen molar-refractivity contribution < 1.29 is 0 Å². The molecule has 1 atom stereocenters. The van der Waals surface area contributed by atoms with E-state index in [0.29, 0.717) is 6.54 Å². The van der Waals surface area contributed by atoms with Crippen LogP contribution >= 0.6 is 23.2 Å². The quantitative estimate of drug-likeness (QED) is 0.870. The number of halogens is 2. The van der Waals surface area contributed by atoms with Crippen molar-refractivity contribution in [2.45, 2.75) is 26.2 Å². The van der Waals surface area contributed by atoms with E-state index in [1.54, 1.807) is 0 Å². The van der Waals surface area contributed by atoms with Gasteiger partial charge in [0.25, 0.3) is 0 Å². The normalized spacial score (nSPS) is 19.5. The van der Waals surface area contributed by atoms with E-state index in [4.69, 9.17) is 28.9 Å². The number of rotatable bonds is 4. The van der Waals surface area contributed by atoms with Gasteiger partial charge in [-0.2, -0.15) is 0 Å². The lowest BCUT2D eigenvalue weighted by atomic mass is 9.79. The molecule has 0 aromatic heterocycles. The van der Waals surface area contributed by atoms with Crippen LogP contribution in [0.25, 0.3) is 0 Å². The first-order valence-corrected chi connectivity index (χ1v) is 6.45. The first-order chi connectivity index (χ1) is 7.55. The molecule has 1 nitrogen and oxygen atoms in total. The zero-order valence-corrected chi connectivity index (χ0v) is 11.0. The summed E-state index contributed by atoms with van der Waals surface area (Å²) >= 11 is 12.2. The Hall–Kier alpha value is -0.240. The molecule has 1 fully saturated rings. The molecule has 0 spiro atoms. The fraction of sp³-hybridized carbons (Fsp3) is 0.538. The van der Waals surface area contributed by atoms with Gasteiger partial charge >= 0.3 is 0 Å². The van der Waals surface area contributed by atoms with E-state index in [1.807, 2.05) is 18.2 Å². The highest BCUT2D eigenvalue weighted by molar-refractivity contribution is 6.33. The van der Waals surface area contributed by atoms with E-state index >= 15 is 0 Å². The molecule has 16 heavy (non-hydrogen) atoms. The molecule has 88 valence electrons. The molecule has 0 radical (unpaired) electrons. The van der Waals surface area contributed by atoms with Crippen molar-refractivity contribution in [2.24, 2.45) is 17.1 Å². The van der Waals surface area contributed by atoms with E-state index in [2.05, 4.69) is 6.92 Å². The van der Waals surface area contributed by atoms with Gasteiger partial charge in [0.05, 0.1) is 0 Å². The molecule has 1 saturated carbocycles. The Kier molecular flexibility index (Phi) is 3.48. The lowest BCUT2D eigenvalue weighted by molar-refractivity contribution is 0.282. The van der Waals surface area contributed by atoms with Gasteiger partial charge in [-0.1, -0.05) is 30.1 Å². The first-order valence-electron chi connectivity index (χ1n) is 5.69. The van der Waals surface area contributed by atoms with E-state index in [-0.39, 0.29) is 5.41 Å². The van der Waals surface area contributed by atoms with Crippen molar-refractivity contribution >= 4 is 23.2 Å². The Morgan fingerprint density at radius 2 is 2.06 bits per heavy atom. The Morgan fingerprint density at radius 1 is 1.38 bits per heavy atom. The fourth-order valence-corrected chi connectivity index (χ4v) is 2.66. The zero-order chi connectivity index (χ0) is 11.8. The molecule has 1 aliphatic rings. The summed E-state index contributed by atoms with van der Waals surface area (Å²) < 4.78 is 0. The minimum absolute atomic E-state index is 0.175. The molecule has 1 aromatic carbocycles. The third kappa shape index (κ3) is 2.53. The van der Waals surface area contributed by atoms with Crippen molar-refractivity contribution in [1.29, 1.82) is 0 Å². The van der Waals surface area contributed by atoms with Crippen molar-refractivity contribution in [3.05, 3.63) is 33.8 Å². The summed E-state index contributed by atoms with van der Waals surface area (Å²) in [6, 6.07) is 5.65. The van der Waals surface area contributed by atoms with Gasteiger partial charge in [0.1, 0.15) is 0 Å². The monoisotopic (exact) mass is 257 g/mol. The standard InChI is InChI=1S/C13H17Cl2N/c1-13(8-16,10-2-3-10)7-9-6-11(14)4-5-12(9)15/h4-6,10H,2-3,7-8,16H2,1H3. The van der Waals surface area contributed by atoms with Gasteiger partial charge in [-0.15, -0.1) is 0 Å². The predicted molar refractivity (Wildman–Crippen MR) is 70.1 cm³/mol. The summed E-state index contributed by atoms with van der Waals surface area (Å²) in [5.41, 5.74) is 7.20. The van der Waals surface area contributed by atoms with Crippen molar-refractivity contribution in [1.82, 2.24) is 0 Å². The van der Waals surface area contributed by atoms with Crippen LogP contribution in [0.4, 0.5) is 0 Å². The molecule has 2 rings (SSSR count). The van der Waals surface area contributed by atoms with Crippen LogP contribution in [0.2, 0.25) is 10.0 Å². The van der Waals surface area contributed by atoms with Crippen LogP contribution in [0.3, 0.4) is 0 Å². The molecule has 0 bridgehead atoms. The zero-order valence-electron chi connectivity index (χ0n) is 9.47. The van der Waals surface area contributed by atoms with Crippen LogP contribution in [-0.2, 0) is 6.42 Å². The first kappa shape index (κ1) is 12.2. The third-order valence-corrected chi connectivity index (χ3v) is 4.24. The van der Waals surface area contributed by atoms with Crippen LogP contribution in [0.5, 0.6) is 0 Å². The molecule has 1 aromatic rings. The summed E-state index contributed by atoms with van der Waals surface area (Å²) in [4.78, 5) is 0. The second kappa shape index (κ2) is 4.56. The van der Waals surface area contributed by atoms with Crippen molar-refractivity contribution in [2.75, 3.05) is 6.54 Å². The van der Waals surface area contributed by atoms with E-state index in [9.17, 15) is 0 Å². The van der Waals surface area contributed by atoms with Crippen LogP contribution in [-0.4, -0.2) is 6.54 Å². The largest absolute Gasteiger partial charge is 0.330 e. The molecule has 1 unspecified atom stereocenters. The Labute approximate surface area is 107 Å². The molecule has 0 heterocycles. The van der Waals surface area contributed by atoms with E-state index in [0.717, 1.165) is 27.9 Å². The lowest BCUT2D eigenvalue weighted by Gasteiger charge is -2.28. The number of nitrogens with two attached hydrogens (primary N) is 1. The van der Waals surface area contributed by atoms with Gasteiger partial charge in [-0.3, -0.25) is 0 Å². The predicted octanol–water partition coefficient (Wildman–Crippen LogP) is 3.91. The van der Waals surface area contributed by atoms with Crippen LogP contribution < -0.4 is 5.73 Å². The maximum Gasteiger partial charge on any atom is 0.0439 e. The summed E-state index contributed by atoms with van der Waals surface area (Å²) in [5.74, 6) is 0.757. The highest BCUT2D eigenvalue weighted by atomic mass is 35.5. The lowest BCUT2D eigenvalue weighted by Crippen LogP contribution is -2.31. The Balaban J connectivity index is 2.21. The summed E-state index contributed by atoms with van der Waals surface area (Å²) in [6.45, 7) is 2.96. The average molecular weight is 258 g/mol. The Morgan fingerprint density at radius 3 is 2.62 bits per heavy atom. The molecule has 1 aliphatic carbocycles. The fourth-order valence-electron chi connectivity index (χ4n) is 2.28. The smallest absolute Gasteiger partial charge is 0.0439 e. The van der Waals surface area contributed by atoms with Crippen molar-refractivity contribution in [3.8, 4) is 0 Å². The van der Waals surface area contributed by atoms with Gasteiger partial charge in [-0.25, -0.2) is 0 Å². The maximum atomic E-state index is 6.18. The number of hydrogen-bond donors (Lipinski definition) is 1.